The van der Waals surface area contributed by atoms with E-state index in [1.165, 1.54) is 7.11 Å². The molecule has 0 bridgehead atoms. The largest absolute Gasteiger partial charge is 0.495 e. The molecule has 2 aromatic carbocycles. The summed E-state index contributed by atoms with van der Waals surface area (Å²) >= 11 is 6.15. The van der Waals surface area contributed by atoms with Gasteiger partial charge in [-0.25, -0.2) is 4.90 Å². The summed E-state index contributed by atoms with van der Waals surface area (Å²) in [6, 6.07) is 11.2. The number of hydrogen-bond acceptors (Lipinski definition) is 6. The van der Waals surface area contributed by atoms with Gasteiger partial charge in [0.05, 0.1) is 24.4 Å². The van der Waals surface area contributed by atoms with Crippen LogP contribution in [-0.4, -0.2) is 36.0 Å². The van der Waals surface area contributed by atoms with Gasteiger partial charge in [0.1, 0.15) is 5.75 Å². The van der Waals surface area contributed by atoms with Gasteiger partial charge in [0.25, 0.3) is 11.8 Å². The lowest BCUT2D eigenvalue weighted by atomic mass is 10.1. The highest BCUT2D eigenvalue weighted by Crippen LogP contribution is 2.35. The Labute approximate surface area is 161 Å². The summed E-state index contributed by atoms with van der Waals surface area (Å²) in [5.41, 5.74) is 2.54. The van der Waals surface area contributed by atoms with Gasteiger partial charge in [-0.3, -0.25) is 14.6 Å². The first-order valence-electron chi connectivity index (χ1n) is 8.44. The Morgan fingerprint density at radius 3 is 2.52 bits per heavy atom. The zero-order chi connectivity index (χ0) is 19.1. The van der Waals surface area contributed by atoms with Gasteiger partial charge in [0, 0.05) is 0 Å². The first-order chi connectivity index (χ1) is 13.0. The number of hydrogen-bond donors (Lipinski definition) is 0. The Bertz CT molecular complexity index is 944. The van der Waals surface area contributed by atoms with Gasteiger partial charge in [-0.15, -0.1) is 0 Å². The first kappa shape index (κ1) is 17.5. The summed E-state index contributed by atoms with van der Waals surface area (Å²) in [4.78, 5) is 26.9. The molecule has 2 amide bonds. The molecule has 0 saturated carbocycles. The van der Waals surface area contributed by atoms with Crippen molar-refractivity contribution in [3.63, 3.8) is 0 Å². The third-order valence-corrected chi connectivity index (χ3v) is 5.01. The van der Waals surface area contributed by atoms with Gasteiger partial charge < -0.3 is 4.74 Å². The third-order valence-electron chi connectivity index (χ3n) is 4.72. The molecule has 0 aliphatic carbocycles. The summed E-state index contributed by atoms with van der Waals surface area (Å²) in [6.07, 6.45) is 0. The lowest BCUT2D eigenvalue weighted by Gasteiger charge is -2.21. The highest BCUT2D eigenvalue weighted by molar-refractivity contribution is 6.33. The number of anilines is 1. The molecule has 0 N–H and O–H groups in total. The van der Waals surface area contributed by atoms with Crippen molar-refractivity contribution in [2.75, 3.05) is 12.0 Å². The van der Waals surface area contributed by atoms with E-state index in [0.717, 1.165) is 16.0 Å². The monoisotopic (exact) mass is 384 g/mol. The normalized spacial score (nSPS) is 21.1. The maximum Gasteiger partial charge on any atom is 0.263 e. The molecule has 1 saturated heterocycles. The zero-order valence-electron chi connectivity index (χ0n) is 14.8. The molecule has 0 aromatic heterocycles. The van der Waals surface area contributed by atoms with E-state index in [1.807, 2.05) is 31.2 Å². The van der Waals surface area contributed by atoms with Crippen LogP contribution in [0.15, 0.2) is 52.8 Å². The second kappa shape index (κ2) is 6.66. The molecule has 2 atom stereocenters. The van der Waals surface area contributed by atoms with Crippen molar-refractivity contribution in [1.29, 1.82) is 0 Å². The Balaban J connectivity index is 1.59. The maximum atomic E-state index is 13.0. The molecule has 4 rings (SSSR count). The summed E-state index contributed by atoms with van der Waals surface area (Å²) in [7, 11) is 1.50. The molecule has 2 aliphatic heterocycles. The minimum absolute atomic E-state index is 0.325. The second-order valence-corrected chi connectivity index (χ2v) is 6.92. The molecule has 27 heavy (non-hydrogen) atoms. The van der Waals surface area contributed by atoms with Gasteiger partial charge in [-0.1, -0.05) is 46.7 Å². The van der Waals surface area contributed by atoms with Crippen molar-refractivity contribution in [1.82, 2.24) is 5.01 Å². The van der Waals surface area contributed by atoms with Crippen LogP contribution in [0, 0.1) is 6.92 Å². The molecule has 138 valence electrons. The molecule has 2 heterocycles. The van der Waals surface area contributed by atoms with Gasteiger partial charge in [-0.2, -0.15) is 5.11 Å². The number of fused-ring (bicyclic) bond motifs is 1. The number of nitrogens with zero attached hydrogens (tertiary/aromatic N) is 4. The smallest absolute Gasteiger partial charge is 0.263 e. The molecule has 0 radical (unpaired) electrons. The van der Waals surface area contributed by atoms with Crippen LogP contribution in [0.2, 0.25) is 5.02 Å². The number of aryl methyl sites for hydroxylation is 1. The fourth-order valence-corrected chi connectivity index (χ4v) is 3.54. The Morgan fingerprint density at radius 2 is 1.85 bits per heavy atom. The van der Waals surface area contributed by atoms with Crippen molar-refractivity contribution in [2.24, 2.45) is 10.3 Å². The molecule has 2 aromatic rings. The van der Waals surface area contributed by atoms with Gasteiger partial charge >= 0.3 is 0 Å². The molecule has 2 aliphatic rings. The van der Waals surface area contributed by atoms with Crippen LogP contribution in [0.25, 0.3) is 0 Å². The number of methoxy groups -OCH3 is 1. The van der Waals surface area contributed by atoms with E-state index in [9.17, 15) is 9.59 Å². The summed E-state index contributed by atoms with van der Waals surface area (Å²) in [5.74, 6) is -0.287. The standard InChI is InChI=1S/C19H17ClN4O3/c1-11-3-5-12(6-4-11)10-23-17-16(21-22-23)18(25)24(19(17)26)13-7-8-15(27-2)14(20)9-13/h3-9,16-17H,10H2,1-2H3/t16-,17-/m0/s1. The van der Waals surface area contributed by atoms with E-state index in [-0.39, 0.29) is 5.91 Å². The van der Waals surface area contributed by atoms with Crippen molar-refractivity contribution in [3.8, 4) is 5.75 Å². The summed E-state index contributed by atoms with van der Waals surface area (Å²) < 4.78 is 5.12. The maximum absolute atomic E-state index is 13.0. The van der Waals surface area contributed by atoms with Gasteiger partial charge in [-0.05, 0) is 30.7 Å². The van der Waals surface area contributed by atoms with Crippen LogP contribution < -0.4 is 9.64 Å². The number of halogens is 1. The zero-order valence-corrected chi connectivity index (χ0v) is 15.6. The van der Waals surface area contributed by atoms with E-state index < -0.39 is 18.0 Å². The number of carbonyl (C=O) groups excluding carboxylic acids is 2. The molecule has 0 spiro atoms. The third kappa shape index (κ3) is 2.94. The van der Waals surface area contributed by atoms with Crippen LogP contribution in [0.1, 0.15) is 11.1 Å². The molecule has 8 heteroatoms. The number of rotatable bonds is 4. The minimum atomic E-state index is -0.830. The number of benzene rings is 2. The minimum Gasteiger partial charge on any atom is -0.495 e. The number of carbonyl (C=O) groups is 2. The fraction of sp³-hybridized carbons (Fsp3) is 0.263. The highest BCUT2D eigenvalue weighted by atomic mass is 35.5. The average Bonchev–Trinajstić information content (AvgIpc) is 3.17. The lowest BCUT2D eigenvalue weighted by molar-refractivity contribution is -0.123. The Kier molecular flexibility index (Phi) is 4.31. The molecule has 1 fully saturated rings. The number of amides is 2. The van der Waals surface area contributed by atoms with Crippen molar-refractivity contribution in [3.05, 3.63) is 58.6 Å². The fourth-order valence-electron chi connectivity index (χ4n) is 3.28. The highest BCUT2D eigenvalue weighted by Gasteiger charge is 2.54. The van der Waals surface area contributed by atoms with Crippen LogP contribution in [0.3, 0.4) is 0 Å². The Hall–Kier alpha value is -2.93. The van der Waals surface area contributed by atoms with Crippen molar-refractivity contribution < 1.29 is 14.3 Å². The van der Waals surface area contributed by atoms with E-state index in [4.69, 9.17) is 16.3 Å². The predicted molar refractivity (Wildman–Crippen MR) is 99.7 cm³/mol. The topological polar surface area (TPSA) is 74.6 Å². The van der Waals surface area contributed by atoms with E-state index in [1.54, 1.807) is 23.2 Å². The molecule has 7 nitrogen and oxygen atoms in total. The lowest BCUT2D eigenvalue weighted by Crippen LogP contribution is -2.39. The molecule has 0 unspecified atom stereocenters. The van der Waals surface area contributed by atoms with Crippen LogP contribution >= 0.6 is 11.6 Å². The number of imide groups is 1. The predicted octanol–water partition coefficient (Wildman–Crippen LogP) is 3.15. The average molecular weight is 385 g/mol. The van der Waals surface area contributed by atoms with E-state index >= 15 is 0 Å². The molecular formula is C19H17ClN4O3. The van der Waals surface area contributed by atoms with Gasteiger partial charge in [0.2, 0.25) is 0 Å². The Morgan fingerprint density at radius 1 is 1.11 bits per heavy atom. The van der Waals surface area contributed by atoms with Crippen molar-refractivity contribution >= 4 is 29.1 Å². The SMILES string of the molecule is COc1ccc(N2C(=O)[C@H]3N=NN(Cc4ccc(C)cc4)[C@@H]3C2=O)cc1Cl. The van der Waals surface area contributed by atoms with Crippen LogP contribution in [0.4, 0.5) is 5.69 Å². The number of ether oxygens (including phenoxy) is 1. The van der Waals surface area contributed by atoms with E-state index in [2.05, 4.69) is 10.3 Å². The molecular weight excluding hydrogens is 368 g/mol. The summed E-state index contributed by atoms with van der Waals surface area (Å²) in [5, 5.41) is 9.99. The van der Waals surface area contributed by atoms with Crippen LogP contribution in [-0.2, 0) is 16.1 Å². The van der Waals surface area contributed by atoms with Crippen molar-refractivity contribution in [2.45, 2.75) is 25.6 Å². The second-order valence-electron chi connectivity index (χ2n) is 6.51. The first-order valence-corrected chi connectivity index (χ1v) is 8.81. The van der Waals surface area contributed by atoms with E-state index in [0.29, 0.717) is 23.0 Å². The van der Waals surface area contributed by atoms with Gasteiger partial charge in [0.15, 0.2) is 12.1 Å². The quantitative estimate of drug-likeness (QED) is 0.759. The van der Waals surface area contributed by atoms with Crippen LogP contribution in [0.5, 0.6) is 5.75 Å². The summed E-state index contributed by atoms with van der Waals surface area (Å²) in [6.45, 7) is 2.41.